The number of benzene rings is 2. The maximum atomic E-state index is 13.1. The van der Waals surface area contributed by atoms with E-state index in [-0.39, 0.29) is 11.7 Å². The molecule has 1 amide bonds. The molecule has 1 heterocycles. The molecule has 0 atom stereocenters. The minimum Gasteiger partial charge on any atom is -0.384 e. The Morgan fingerprint density at radius 2 is 1.79 bits per heavy atom. The number of amides is 1. The summed E-state index contributed by atoms with van der Waals surface area (Å²) in [7, 11) is 0. The number of piperidine rings is 1. The molecule has 150 valence electrons. The lowest BCUT2D eigenvalue weighted by Crippen LogP contribution is -2.48. The summed E-state index contributed by atoms with van der Waals surface area (Å²) >= 11 is 0. The van der Waals surface area contributed by atoms with Gasteiger partial charge in [0.05, 0.1) is 6.42 Å². The average Bonchev–Trinajstić information content (AvgIpc) is 2.72. The van der Waals surface area contributed by atoms with Crippen molar-refractivity contribution in [2.24, 2.45) is 0 Å². The van der Waals surface area contributed by atoms with E-state index in [1.807, 2.05) is 30.0 Å². The van der Waals surface area contributed by atoms with Gasteiger partial charge in [-0.15, -0.1) is 0 Å². The van der Waals surface area contributed by atoms with E-state index in [0.717, 1.165) is 56.8 Å². The second kappa shape index (κ2) is 10.2. The van der Waals surface area contributed by atoms with Crippen LogP contribution in [0.3, 0.4) is 0 Å². The van der Waals surface area contributed by atoms with Gasteiger partial charge in [0.15, 0.2) is 0 Å². The van der Waals surface area contributed by atoms with Crippen molar-refractivity contribution in [3.8, 4) is 0 Å². The Balaban J connectivity index is 1.43. The Kier molecular flexibility index (Phi) is 7.43. The normalized spacial score (nSPS) is 15.4. The number of carbonyl (C=O) groups excluding carboxylic acids is 1. The van der Waals surface area contributed by atoms with E-state index in [1.165, 1.54) is 12.1 Å². The fraction of sp³-hybridized carbons (Fsp3) is 0.435. The lowest BCUT2D eigenvalue weighted by Gasteiger charge is -2.38. The van der Waals surface area contributed by atoms with Crippen LogP contribution in [-0.4, -0.2) is 54.5 Å². The van der Waals surface area contributed by atoms with Gasteiger partial charge in [0.1, 0.15) is 5.82 Å². The molecule has 1 N–H and O–H groups in total. The van der Waals surface area contributed by atoms with Crippen molar-refractivity contribution in [3.63, 3.8) is 0 Å². The predicted molar refractivity (Wildman–Crippen MR) is 112 cm³/mol. The average molecular weight is 384 g/mol. The summed E-state index contributed by atoms with van der Waals surface area (Å²) in [6, 6.07) is 16.8. The monoisotopic (exact) mass is 383 g/mol. The van der Waals surface area contributed by atoms with Gasteiger partial charge in [0.25, 0.3) is 0 Å². The SMILES string of the molecule is CCN(C(=O)Cc1ccc(F)cc1)C1CCN(CCNc2ccccc2)CC1. The Bertz CT molecular complexity index is 727. The van der Waals surface area contributed by atoms with Gasteiger partial charge in [0, 0.05) is 44.5 Å². The molecule has 2 aromatic rings. The minimum absolute atomic E-state index is 0.137. The van der Waals surface area contributed by atoms with Crippen LogP contribution in [0.15, 0.2) is 54.6 Å². The highest BCUT2D eigenvalue weighted by atomic mass is 19.1. The first-order chi connectivity index (χ1) is 13.7. The molecule has 0 saturated carbocycles. The van der Waals surface area contributed by atoms with Gasteiger partial charge in [-0.3, -0.25) is 4.79 Å². The summed E-state index contributed by atoms with van der Waals surface area (Å²) in [6.07, 6.45) is 2.36. The second-order valence-corrected chi connectivity index (χ2v) is 7.35. The van der Waals surface area contributed by atoms with Crippen molar-refractivity contribution in [3.05, 3.63) is 66.0 Å². The fourth-order valence-corrected chi connectivity index (χ4v) is 3.89. The van der Waals surface area contributed by atoms with Gasteiger partial charge < -0.3 is 15.1 Å². The van der Waals surface area contributed by atoms with E-state index in [1.54, 1.807) is 12.1 Å². The summed E-state index contributed by atoms with van der Waals surface area (Å²) in [5.41, 5.74) is 2.02. The lowest BCUT2D eigenvalue weighted by molar-refractivity contribution is -0.133. The molecule has 0 radical (unpaired) electrons. The largest absolute Gasteiger partial charge is 0.384 e. The number of nitrogens with zero attached hydrogens (tertiary/aromatic N) is 2. The Labute approximate surface area is 167 Å². The molecule has 1 saturated heterocycles. The molecule has 28 heavy (non-hydrogen) atoms. The van der Waals surface area contributed by atoms with E-state index >= 15 is 0 Å². The van der Waals surface area contributed by atoms with Crippen LogP contribution in [0.4, 0.5) is 10.1 Å². The van der Waals surface area contributed by atoms with Crippen molar-refractivity contribution in [2.75, 3.05) is 38.0 Å². The van der Waals surface area contributed by atoms with Gasteiger partial charge in [-0.05, 0) is 49.6 Å². The lowest BCUT2D eigenvalue weighted by atomic mass is 10.0. The maximum Gasteiger partial charge on any atom is 0.227 e. The molecule has 0 unspecified atom stereocenters. The number of hydrogen-bond acceptors (Lipinski definition) is 3. The number of halogens is 1. The van der Waals surface area contributed by atoms with Gasteiger partial charge in [-0.2, -0.15) is 0 Å². The van der Waals surface area contributed by atoms with Crippen LogP contribution in [-0.2, 0) is 11.2 Å². The van der Waals surface area contributed by atoms with Crippen LogP contribution in [0.1, 0.15) is 25.3 Å². The van der Waals surface area contributed by atoms with Gasteiger partial charge >= 0.3 is 0 Å². The third kappa shape index (κ3) is 5.80. The summed E-state index contributed by atoms with van der Waals surface area (Å²) in [5.74, 6) is -0.129. The summed E-state index contributed by atoms with van der Waals surface area (Å²) < 4.78 is 13.1. The fourth-order valence-electron chi connectivity index (χ4n) is 3.89. The molecule has 1 fully saturated rings. The highest BCUT2D eigenvalue weighted by molar-refractivity contribution is 5.79. The number of para-hydroxylation sites is 1. The first-order valence-electron chi connectivity index (χ1n) is 10.2. The van der Waals surface area contributed by atoms with E-state index < -0.39 is 0 Å². The van der Waals surface area contributed by atoms with E-state index in [4.69, 9.17) is 0 Å². The molecule has 0 aromatic heterocycles. The van der Waals surface area contributed by atoms with Crippen molar-refractivity contribution < 1.29 is 9.18 Å². The zero-order valence-corrected chi connectivity index (χ0v) is 16.6. The summed E-state index contributed by atoms with van der Waals surface area (Å²) in [6.45, 7) is 6.73. The Morgan fingerprint density at radius 3 is 2.43 bits per heavy atom. The zero-order valence-electron chi connectivity index (χ0n) is 16.6. The molecule has 3 rings (SSSR count). The first-order valence-corrected chi connectivity index (χ1v) is 10.2. The van der Waals surface area contributed by atoms with Gasteiger partial charge in [0.2, 0.25) is 5.91 Å². The van der Waals surface area contributed by atoms with E-state index in [2.05, 4.69) is 22.3 Å². The molecule has 0 aliphatic carbocycles. The molecule has 4 nitrogen and oxygen atoms in total. The van der Waals surface area contributed by atoms with Gasteiger partial charge in [-0.1, -0.05) is 30.3 Å². The molecular formula is C23H30FN3O. The highest BCUT2D eigenvalue weighted by Crippen LogP contribution is 2.18. The molecule has 2 aromatic carbocycles. The minimum atomic E-state index is -0.266. The third-order valence-corrected chi connectivity index (χ3v) is 5.46. The maximum absolute atomic E-state index is 13.1. The topological polar surface area (TPSA) is 35.6 Å². The Morgan fingerprint density at radius 1 is 1.11 bits per heavy atom. The number of hydrogen-bond donors (Lipinski definition) is 1. The number of rotatable bonds is 8. The number of anilines is 1. The quantitative estimate of drug-likeness (QED) is 0.753. The van der Waals surface area contributed by atoms with Crippen molar-refractivity contribution in [1.29, 1.82) is 0 Å². The Hall–Kier alpha value is -2.40. The van der Waals surface area contributed by atoms with Crippen LogP contribution in [0.5, 0.6) is 0 Å². The van der Waals surface area contributed by atoms with Crippen LogP contribution in [0.2, 0.25) is 0 Å². The highest BCUT2D eigenvalue weighted by Gasteiger charge is 2.26. The molecule has 5 heteroatoms. The van der Waals surface area contributed by atoms with Crippen molar-refractivity contribution >= 4 is 11.6 Å². The molecule has 0 spiro atoms. The smallest absolute Gasteiger partial charge is 0.227 e. The second-order valence-electron chi connectivity index (χ2n) is 7.35. The van der Waals surface area contributed by atoms with Crippen LogP contribution in [0.25, 0.3) is 0 Å². The molecule has 1 aliphatic heterocycles. The van der Waals surface area contributed by atoms with E-state index in [9.17, 15) is 9.18 Å². The first kappa shape index (κ1) is 20.3. The standard InChI is InChI=1S/C23H30FN3O/c1-2-27(23(28)18-19-8-10-20(24)11-9-19)22-12-15-26(16-13-22)17-14-25-21-6-4-3-5-7-21/h3-11,22,25H,2,12-18H2,1H3. The molecule has 1 aliphatic rings. The molecule has 0 bridgehead atoms. The summed E-state index contributed by atoms with van der Waals surface area (Å²) in [4.78, 5) is 17.2. The van der Waals surface area contributed by atoms with Crippen LogP contribution >= 0.6 is 0 Å². The predicted octanol–water partition coefficient (Wildman–Crippen LogP) is 3.79. The van der Waals surface area contributed by atoms with Crippen molar-refractivity contribution in [1.82, 2.24) is 9.80 Å². The number of carbonyl (C=O) groups is 1. The third-order valence-electron chi connectivity index (χ3n) is 5.46. The number of likely N-dealkylation sites (tertiary alicyclic amines) is 1. The van der Waals surface area contributed by atoms with Gasteiger partial charge in [-0.25, -0.2) is 4.39 Å². The molecular weight excluding hydrogens is 353 g/mol. The van der Waals surface area contributed by atoms with Crippen LogP contribution in [0, 0.1) is 5.82 Å². The van der Waals surface area contributed by atoms with Crippen molar-refractivity contribution in [2.45, 2.75) is 32.2 Å². The summed E-state index contributed by atoms with van der Waals surface area (Å²) in [5, 5.41) is 3.45. The number of nitrogens with one attached hydrogen (secondary N) is 1. The van der Waals surface area contributed by atoms with E-state index in [0.29, 0.717) is 12.5 Å². The number of likely N-dealkylation sites (N-methyl/N-ethyl adjacent to an activating group) is 1. The zero-order chi connectivity index (χ0) is 19.8. The van der Waals surface area contributed by atoms with Crippen LogP contribution < -0.4 is 5.32 Å².